The number of aliphatic hydroxyl groups excluding tert-OH is 1. The fourth-order valence-corrected chi connectivity index (χ4v) is 10.4. The molecule has 0 aliphatic heterocycles. The molecular formula is C31H47O7-. The summed E-state index contributed by atoms with van der Waals surface area (Å²) in [7, 11) is 0. The van der Waals surface area contributed by atoms with Crippen LogP contribution in [0.1, 0.15) is 106 Å². The molecule has 9 atom stereocenters. The van der Waals surface area contributed by atoms with Crippen molar-refractivity contribution in [2.45, 2.75) is 112 Å². The van der Waals surface area contributed by atoms with Crippen molar-refractivity contribution in [3.05, 3.63) is 11.6 Å². The van der Waals surface area contributed by atoms with E-state index in [9.17, 15) is 19.8 Å². The fraction of sp³-hybridized carbons (Fsp3) is 0.839. The van der Waals surface area contributed by atoms with E-state index in [-0.39, 0.29) is 50.8 Å². The van der Waals surface area contributed by atoms with Gasteiger partial charge >= 0.3 is 5.97 Å². The fourth-order valence-electron chi connectivity index (χ4n) is 10.4. The number of aliphatic carboxylic acids is 1. The average molecular weight is 532 g/mol. The van der Waals surface area contributed by atoms with Crippen molar-refractivity contribution in [2.75, 3.05) is 0 Å². The molecule has 0 saturated heterocycles. The molecule has 4 saturated carbocycles. The predicted octanol–water partition coefficient (Wildman–Crippen LogP) is 5.30. The van der Waals surface area contributed by atoms with Gasteiger partial charge in [0.2, 0.25) is 6.16 Å². The maximum absolute atomic E-state index is 14.2. The number of carbonyl (C=O) groups is 3. The lowest BCUT2D eigenvalue weighted by molar-refractivity contribution is -0.275. The minimum absolute atomic E-state index is 0.0296. The van der Waals surface area contributed by atoms with E-state index in [1.165, 1.54) is 5.57 Å². The first kappa shape index (κ1) is 29.1. The van der Waals surface area contributed by atoms with E-state index in [2.05, 4.69) is 41.5 Å². The van der Waals surface area contributed by atoms with Crippen molar-refractivity contribution in [2.24, 2.45) is 50.2 Å². The van der Waals surface area contributed by atoms with Crippen molar-refractivity contribution in [3.8, 4) is 0 Å². The van der Waals surface area contributed by atoms with Gasteiger partial charge in [0.15, 0.2) is 5.78 Å². The molecule has 7 nitrogen and oxygen atoms in total. The molecule has 0 heterocycles. The Kier molecular flexibility index (Phi) is 6.74. The zero-order valence-corrected chi connectivity index (χ0v) is 24.2. The number of carboxylic acid groups (broad SMARTS) is 3. The van der Waals surface area contributed by atoms with Crippen LogP contribution in [-0.2, 0) is 9.59 Å². The van der Waals surface area contributed by atoms with E-state index in [0.29, 0.717) is 12.3 Å². The summed E-state index contributed by atoms with van der Waals surface area (Å²) in [6, 6.07) is 0. The molecule has 0 aromatic rings. The van der Waals surface area contributed by atoms with Gasteiger partial charge in [-0.25, -0.2) is 0 Å². The van der Waals surface area contributed by atoms with Gasteiger partial charge in [-0.2, -0.15) is 0 Å². The summed E-state index contributed by atoms with van der Waals surface area (Å²) < 4.78 is 0. The number of hydrogen-bond acceptors (Lipinski definition) is 5. The number of carbonyl (C=O) groups excluding carboxylic acids is 1. The second-order valence-electron chi connectivity index (χ2n) is 15.2. The highest BCUT2D eigenvalue weighted by Crippen LogP contribution is 2.75. The Bertz CT molecular complexity index is 1060. The van der Waals surface area contributed by atoms with Crippen LogP contribution in [0.2, 0.25) is 0 Å². The number of fused-ring (bicyclic) bond motifs is 7. The Morgan fingerprint density at radius 1 is 0.895 bits per heavy atom. The molecule has 0 spiro atoms. The number of carboxylic acids is 1. The standard InChI is InChI=1S/C30H46O4.CH2O3/c1-25(2)21-8-11-30(7)23(28(21,5)10-9-22(25)32)20(31)16-18-19-17-27(4,24(33)34)13-12-26(19,3)14-15-29(18,30)6;2-1(3)4/h16,19,21-23,32H,8-15,17H2,1-7H3,(H,33,34);(H2,2,3,4)/p-1/t19-,21-,22-,23+,26+,27-,28-,29+,30+;/m0./s1. The highest BCUT2D eigenvalue weighted by atomic mass is 16.6. The Balaban J connectivity index is 0.000000786. The smallest absolute Gasteiger partial charge is 0.309 e. The van der Waals surface area contributed by atoms with Gasteiger partial charge in [0.1, 0.15) is 0 Å². The number of allylic oxidation sites excluding steroid dienone is 2. The Morgan fingerprint density at radius 3 is 2.05 bits per heavy atom. The topological polar surface area (TPSA) is 135 Å². The highest BCUT2D eigenvalue weighted by molar-refractivity contribution is 5.95. The minimum atomic E-state index is -2.08. The summed E-state index contributed by atoms with van der Waals surface area (Å²) in [4.78, 5) is 34.9. The van der Waals surface area contributed by atoms with Crippen LogP contribution in [0, 0.1) is 50.2 Å². The van der Waals surface area contributed by atoms with Gasteiger partial charge < -0.3 is 25.2 Å². The van der Waals surface area contributed by atoms with Crippen LogP contribution in [0.3, 0.4) is 0 Å². The zero-order chi connectivity index (χ0) is 28.7. The lowest BCUT2D eigenvalue weighted by atomic mass is 9.33. The van der Waals surface area contributed by atoms with Gasteiger partial charge in [-0.15, -0.1) is 0 Å². The molecule has 214 valence electrons. The second kappa shape index (κ2) is 8.81. The van der Waals surface area contributed by atoms with E-state index in [0.717, 1.165) is 51.4 Å². The maximum Gasteiger partial charge on any atom is 0.309 e. The van der Waals surface area contributed by atoms with Gasteiger partial charge in [-0.05, 0) is 110 Å². The van der Waals surface area contributed by atoms with Crippen molar-refractivity contribution >= 4 is 17.9 Å². The van der Waals surface area contributed by atoms with Crippen LogP contribution < -0.4 is 5.11 Å². The number of aliphatic hydroxyl groups is 1. The van der Waals surface area contributed by atoms with Gasteiger partial charge in [0.25, 0.3) is 0 Å². The third-order valence-electron chi connectivity index (χ3n) is 13.1. The molecule has 3 N–H and O–H groups in total. The Hall–Kier alpha value is -1.89. The monoisotopic (exact) mass is 531 g/mol. The molecule has 0 aromatic carbocycles. The summed E-state index contributed by atoms with van der Waals surface area (Å²) in [5, 5.41) is 36.2. The lowest BCUT2D eigenvalue weighted by Gasteiger charge is -2.70. The summed E-state index contributed by atoms with van der Waals surface area (Å²) in [6.45, 7) is 15.8. The summed E-state index contributed by atoms with van der Waals surface area (Å²) in [5.41, 5.74) is 0.142. The first-order valence-electron chi connectivity index (χ1n) is 14.4. The van der Waals surface area contributed by atoms with Crippen LogP contribution in [0.4, 0.5) is 4.79 Å². The van der Waals surface area contributed by atoms with Gasteiger partial charge in [0.05, 0.1) is 11.5 Å². The molecule has 7 heteroatoms. The number of ketones is 1. The molecule has 5 aliphatic rings. The quantitative estimate of drug-likeness (QED) is 0.418. The van der Waals surface area contributed by atoms with E-state index < -0.39 is 17.5 Å². The van der Waals surface area contributed by atoms with Crippen molar-refractivity contribution in [1.29, 1.82) is 0 Å². The SMILES string of the molecule is CC1(C)[C@@H](O)CC[C@]2(C)[C@H]3C(=O)C=C4[C@@H]5C[C@@](C)(C(=O)O)CC[C@]5(C)CC[C@@]4(C)[C@]3(C)CC[C@@H]12.O=C([O-])O. The van der Waals surface area contributed by atoms with Gasteiger partial charge in [-0.1, -0.05) is 47.1 Å². The predicted molar refractivity (Wildman–Crippen MR) is 141 cm³/mol. The number of hydrogen-bond donors (Lipinski definition) is 3. The van der Waals surface area contributed by atoms with Crippen LogP contribution >= 0.6 is 0 Å². The van der Waals surface area contributed by atoms with Crippen molar-refractivity contribution in [3.63, 3.8) is 0 Å². The molecule has 0 aromatic heterocycles. The lowest BCUT2D eigenvalue weighted by Crippen LogP contribution is -2.66. The first-order valence-corrected chi connectivity index (χ1v) is 14.4. The van der Waals surface area contributed by atoms with Gasteiger partial charge in [0, 0.05) is 5.92 Å². The molecule has 38 heavy (non-hydrogen) atoms. The molecule has 0 bridgehead atoms. The van der Waals surface area contributed by atoms with E-state index >= 15 is 0 Å². The molecule has 5 rings (SSSR count). The second-order valence-corrected chi connectivity index (χ2v) is 15.2. The largest absolute Gasteiger partial charge is 0.565 e. The number of rotatable bonds is 1. The Morgan fingerprint density at radius 2 is 1.47 bits per heavy atom. The van der Waals surface area contributed by atoms with E-state index in [1.807, 2.05) is 13.0 Å². The van der Waals surface area contributed by atoms with E-state index in [1.54, 1.807) is 0 Å². The maximum atomic E-state index is 14.2. The summed E-state index contributed by atoms with van der Waals surface area (Å²) >= 11 is 0. The minimum Gasteiger partial charge on any atom is -0.565 e. The van der Waals surface area contributed by atoms with Crippen molar-refractivity contribution < 1.29 is 34.8 Å². The Labute approximate surface area is 227 Å². The third-order valence-corrected chi connectivity index (χ3v) is 13.1. The first-order chi connectivity index (χ1) is 17.3. The molecule has 5 aliphatic carbocycles. The normalized spacial score (nSPS) is 49.1. The highest BCUT2D eigenvalue weighted by Gasteiger charge is 2.70. The molecule has 4 fully saturated rings. The van der Waals surface area contributed by atoms with Gasteiger partial charge in [-0.3, -0.25) is 9.59 Å². The van der Waals surface area contributed by atoms with Crippen LogP contribution in [0.5, 0.6) is 0 Å². The molecule has 0 amide bonds. The summed E-state index contributed by atoms with van der Waals surface area (Å²) in [6.07, 6.45) is 7.87. The molecule has 0 unspecified atom stereocenters. The summed E-state index contributed by atoms with van der Waals surface area (Å²) in [5.74, 6) is 0.0603. The zero-order valence-electron chi connectivity index (χ0n) is 24.2. The van der Waals surface area contributed by atoms with E-state index in [4.69, 9.17) is 15.0 Å². The molecular weight excluding hydrogens is 484 g/mol. The molecule has 0 radical (unpaired) electrons. The van der Waals surface area contributed by atoms with Crippen molar-refractivity contribution in [1.82, 2.24) is 0 Å². The van der Waals surface area contributed by atoms with Crippen LogP contribution in [0.15, 0.2) is 11.6 Å². The third kappa shape index (κ3) is 3.88. The van der Waals surface area contributed by atoms with Crippen LogP contribution in [0.25, 0.3) is 0 Å². The average Bonchev–Trinajstić information content (AvgIpc) is 2.78. The van der Waals surface area contributed by atoms with Crippen LogP contribution in [-0.4, -0.2) is 39.3 Å².